The van der Waals surface area contributed by atoms with E-state index in [9.17, 15) is 14.4 Å². The van der Waals surface area contributed by atoms with Gasteiger partial charge in [-0.1, -0.05) is 11.6 Å². The van der Waals surface area contributed by atoms with Crippen LogP contribution in [-0.4, -0.2) is 54.6 Å². The summed E-state index contributed by atoms with van der Waals surface area (Å²) in [6.45, 7) is 3.70. The van der Waals surface area contributed by atoms with Crippen LogP contribution in [0.15, 0.2) is 45.6 Å². The van der Waals surface area contributed by atoms with Crippen LogP contribution in [-0.2, 0) is 4.74 Å². The van der Waals surface area contributed by atoms with Crippen LogP contribution in [0.1, 0.15) is 17.3 Å². The molecule has 2 amide bonds. The van der Waals surface area contributed by atoms with E-state index >= 15 is 0 Å². The van der Waals surface area contributed by atoms with Crippen LogP contribution in [0.5, 0.6) is 0 Å². The summed E-state index contributed by atoms with van der Waals surface area (Å²) < 4.78 is 10.8. The minimum absolute atomic E-state index is 0.189. The monoisotopic (exact) mass is 414 g/mol. The Balaban J connectivity index is 1.60. The molecule has 0 atom stereocenters. The van der Waals surface area contributed by atoms with Crippen LogP contribution >= 0.6 is 11.6 Å². The largest absolute Gasteiger partial charge is 0.456 e. The van der Waals surface area contributed by atoms with Gasteiger partial charge in [-0.2, -0.15) is 0 Å². The number of halogens is 1. The number of benzene rings is 2. The van der Waals surface area contributed by atoms with E-state index in [2.05, 4.69) is 0 Å². The summed E-state index contributed by atoms with van der Waals surface area (Å²) in [6, 6.07) is 9.67. The van der Waals surface area contributed by atoms with Gasteiger partial charge in [-0.05, 0) is 37.3 Å². The van der Waals surface area contributed by atoms with Crippen molar-refractivity contribution in [3.05, 3.63) is 57.2 Å². The van der Waals surface area contributed by atoms with Gasteiger partial charge in [-0.3, -0.25) is 9.59 Å². The fourth-order valence-corrected chi connectivity index (χ4v) is 3.61. The third kappa shape index (κ3) is 3.65. The highest BCUT2D eigenvalue weighted by molar-refractivity contribution is 6.31. The molecule has 2 aromatic carbocycles. The van der Waals surface area contributed by atoms with Gasteiger partial charge >= 0.3 is 6.09 Å². The molecule has 0 N–H and O–H groups in total. The molecule has 2 heterocycles. The Morgan fingerprint density at radius 2 is 1.72 bits per heavy atom. The van der Waals surface area contributed by atoms with Crippen LogP contribution in [0.25, 0.3) is 21.9 Å². The zero-order chi connectivity index (χ0) is 20.5. The van der Waals surface area contributed by atoms with Crippen molar-refractivity contribution in [2.75, 3.05) is 32.8 Å². The minimum Gasteiger partial charge on any atom is -0.456 e. The van der Waals surface area contributed by atoms with Crippen molar-refractivity contribution in [1.29, 1.82) is 0 Å². The SMILES string of the molecule is CCOC(=O)N1CCN(C(=O)c2ccc3oc4cc(Cl)ccc4c(=O)c3c2)CC1. The first-order valence-corrected chi connectivity index (χ1v) is 9.73. The molecule has 0 aliphatic carbocycles. The fourth-order valence-electron chi connectivity index (χ4n) is 3.45. The van der Waals surface area contributed by atoms with Crippen LogP contribution in [0.4, 0.5) is 4.79 Å². The van der Waals surface area contributed by atoms with Crippen molar-refractivity contribution in [2.24, 2.45) is 0 Å². The lowest BCUT2D eigenvalue weighted by Crippen LogP contribution is -2.50. The lowest BCUT2D eigenvalue weighted by molar-refractivity contribution is 0.0570. The van der Waals surface area contributed by atoms with E-state index in [4.69, 9.17) is 20.8 Å². The fraction of sp³-hybridized carbons (Fsp3) is 0.286. The van der Waals surface area contributed by atoms with Crippen molar-refractivity contribution in [1.82, 2.24) is 9.80 Å². The number of amides is 2. The van der Waals surface area contributed by atoms with E-state index in [1.165, 1.54) is 0 Å². The molecule has 7 nitrogen and oxygen atoms in total. The summed E-state index contributed by atoms with van der Waals surface area (Å²) in [5.41, 5.74) is 1.00. The molecule has 3 aromatic rings. The van der Waals surface area contributed by atoms with E-state index in [0.717, 1.165) is 0 Å². The van der Waals surface area contributed by atoms with Crippen LogP contribution in [0, 0.1) is 0 Å². The molecule has 1 aliphatic heterocycles. The molecule has 1 aliphatic rings. The van der Waals surface area contributed by atoms with Crippen molar-refractivity contribution >= 4 is 45.5 Å². The Kier molecular flexibility index (Phi) is 5.15. The molecule has 150 valence electrons. The van der Waals surface area contributed by atoms with Crippen LogP contribution in [0.3, 0.4) is 0 Å². The molecular weight excluding hydrogens is 396 g/mol. The summed E-state index contributed by atoms with van der Waals surface area (Å²) >= 11 is 5.98. The summed E-state index contributed by atoms with van der Waals surface area (Å²) in [6.07, 6.45) is -0.366. The molecule has 4 rings (SSSR count). The zero-order valence-corrected chi connectivity index (χ0v) is 16.6. The predicted octanol–water partition coefficient (Wildman–Crippen LogP) is 3.51. The molecule has 8 heteroatoms. The highest BCUT2D eigenvalue weighted by Crippen LogP contribution is 2.23. The standard InChI is InChI=1S/C21H19ClN2O5/c1-2-28-21(27)24-9-7-23(8-10-24)20(26)13-3-6-17-16(11-13)19(25)15-5-4-14(22)12-18(15)29-17/h3-6,11-12H,2,7-10H2,1H3. The van der Waals surface area contributed by atoms with Gasteiger partial charge in [0, 0.05) is 42.8 Å². The molecule has 0 spiro atoms. The summed E-state index contributed by atoms with van der Waals surface area (Å²) in [5, 5.41) is 1.24. The Bertz CT molecular complexity index is 1160. The lowest BCUT2D eigenvalue weighted by Gasteiger charge is -2.34. The van der Waals surface area contributed by atoms with E-state index < -0.39 is 0 Å². The zero-order valence-electron chi connectivity index (χ0n) is 15.8. The molecule has 1 fully saturated rings. The van der Waals surface area contributed by atoms with E-state index in [0.29, 0.717) is 65.3 Å². The van der Waals surface area contributed by atoms with Gasteiger partial charge in [0.1, 0.15) is 11.2 Å². The number of carbonyl (C=O) groups excluding carboxylic acids is 2. The number of hydrogen-bond acceptors (Lipinski definition) is 5. The second-order valence-electron chi connectivity index (χ2n) is 6.76. The topological polar surface area (TPSA) is 80.1 Å². The van der Waals surface area contributed by atoms with E-state index in [1.807, 2.05) is 0 Å². The Hall–Kier alpha value is -3.06. The maximum Gasteiger partial charge on any atom is 0.409 e. The van der Waals surface area contributed by atoms with Crippen LogP contribution in [0.2, 0.25) is 5.02 Å². The molecule has 1 aromatic heterocycles. The second kappa shape index (κ2) is 7.75. The van der Waals surface area contributed by atoms with Gasteiger partial charge < -0.3 is 19.0 Å². The predicted molar refractivity (Wildman–Crippen MR) is 109 cm³/mol. The first-order valence-electron chi connectivity index (χ1n) is 9.35. The molecule has 0 bridgehead atoms. The molecule has 1 saturated heterocycles. The van der Waals surface area contributed by atoms with Crippen molar-refractivity contribution in [3.63, 3.8) is 0 Å². The number of piperazine rings is 1. The number of nitrogens with zero attached hydrogens (tertiary/aromatic N) is 2. The van der Waals surface area contributed by atoms with Gasteiger partial charge in [0.25, 0.3) is 5.91 Å². The van der Waals surface area contributed by atoms with Gasteiger partial charge in [-0.25, -0.2) is 4.79 Å². The van der Waals surface area contributed by atoms with Crippen LogP contribution < -0.4 is 5.43 Å². The average Bonchev–Trinajstić information content (AvgIpc) is 2.73. The smallest absolute Gasteiger partial charge is 0.409 e. The lowest BCUT2D eigenvalue weighted by atomic mass is 10.1. The Labute approximate surface area is 171 Å². The summed E-state index contributed by atoms with van der Waals surface area (Å²) in [7, 11) is 0. The maximum atomic E-state index is 12.9. The first kappa shape index (κ1) is 19.3. The number of fused-ring (bicyclic) bond motifs is 2. The van der Waals surface area contributed by atoms with Gasteiger partial charge in [0.05, 0.1) is 17.4 Å². The Morgan fingerprint density at radius 1 is 1.00 bits per heavy atom. The number of ether oxygens (including phenoxy) is 1. The highest BCUT2D eigenvalue weighted by Gasteiger charge is 2.26. The van der Waals surface area contributed by atoms with E-state index in [-0.39, 0.29) is 17.4 Å². The second-order valence-corrected chi connectivity index (χ2v) is 7.20. The van der Waals surface area contributed by atoms with Gasteiger partial charge in [0.2, 0.25) is 5.43 Å². The molecule has 0 unspecified atom stereocenters. The highest BCUT2D eigenvalue weighted by atomic mass is 35.5. The normalized spacial score (nSPS) is 14.4. The molecule has 0 saturated carbocycles. The first-order chi connectivity index (χ1) is 14.0. The molecule has 29 heavy (non-hydrogen) atoms. The van der Waals surface area contributed by atoms with Gasteiger partial charge in [-0.15, -0.1) is 0 Å². The number of rotatable bonds is 2. The maximum absolute atomic E-state index is 12.9. The average molecular weight is 415 g/mol. The minimum atomic E-state index is -0.366. The van der Waals surface area contributed by atoms with E-state index in [1.54, 1.807) is 53.1 Å². The summed E-state index contributed by atoms with van der Waals surface area (Å²) in [4.78, 5) is 40.8. The van der Waals surface area contributed by atoms with Crippen molar-refractivity contribution in [3.8, 4) is 0 Å². The van der Waals surface area contributed by atoms with Gasteiger partial charge in [0.15, 0.2) is 0 Å². The van der Waals surface area contributed by atoms with Crippen molar-refractivity contribution < 1.29 is 18.7 Å². The number of hydrogen-bond donors (Lipinski definition) is 0. The molecule has 0 radical (unpaired) electrons. The Morgan fingerprint density at radius 3 is 2.45 bits per heavy atom. The summed E-state index contributed by atoms with van der Waals surface area (Å²) in [5.74, 6) is -0.189. The quantitative estimate of drug-likeness (QED) is 0.599. The third-order valence-corrected chi connectivity index (χ3v) is 5.21. The molecular formula is C21H19ClN2O5. The third-order valence-electron chi connectivity index (χ3n) is 4.97. The number of carbonyl (C=O) groups is 2. The van der Waals surface area contributed by atoms with Crippen molar-refractivity contribution in [2.45, 2.75) is 6.92 Å².